The van der Waals surface area contributed by atoms with E-state index in [0.29, 0.717) is 31.1 Å². The highest BCUT2D eigenvalue weighted by atomic mass is 16.7. The van der Waals surface area contributed by atoms with Gasteiger partial charge in [-0.2, -0.15) is 0 Å². The van der Waals surface area contributed by atoms with Gasteiger partial charge in [0.15, 0.2) is 5.79 Å². The van der Waals surface area contributed by atoms with Crippen LogP contribution in [0.25, 0.3) is 11.4 Å². The van der Waals surface area contributed by atoms with Crippen molar-refractivity contribution in [2.24, 2.45) is 0 Å². The average Bonchev–Trinajstić information content (AvgIpc) is 2.99. The van der Waals surface area contributed by atoms with Gasteiger partial charge < -0.3 is 19.8 Å². The number of hydrogen-bond acceptors (Lipinski definition) is 6. The fraction of sp³-hybridized carbons (Fsp3) is 0.471. The van der Waals surface area contributed by atoms with E-state index in [-0.39, 0.29) is 5.56 Å². The second kappa shape index (κ2) is 6.70. The third-order valence-corrected chi connectivity index (χ3v) is 4.22. The predicted molar refractivity (Wildman–Crippen MR) is 91.0 cm³/mol. The van der Waals surface area contributed by atoms with Gasteiger partial charge in [0.05, 0.1) is 13.2 Å². The molecule has 24 heavy (non-hydrogen) atoms. The smallest absolute Gasteiger partial charge is 0.254 e. The van der Waals surface area contributed by atoms with Crippen LogP contribution in [0.3, 0.4) is 0 Å². The number of aryl methyl sites for hydroxylation is 1. The number of nitrogens with one attached hydrogen (secondary N) is 2. The lowest BCUT2D eigenvalue weighted by atomic mass is 10.2. The number of rotatable bonds is 5. The summed E-state index contributed by atoms with van der Waals surface area (Å²) in [5.41, 5.74) is 2.01. The van der Waals surface area contributed by atoms with Gasteiger partial charge in [-0.1, -0.05) is 0 Å². The minimum Gasteiger partial charge on any atom is -0.370 e. The number of nitrogens with zero attached hydrogens (tertiary/aromatic N) is 2. The Hall–Kier alpha value is -2.25. The standard InChI is InChI=1S/C17H22N4O3/c1-11-12(2)20-15(21-16(11)22)13-4-5-14(19-10-13)18-7-6-17(3)23-8-9-24-17/h4-5,10H,6-9H2,1-3H3,(H,18,19)(H,20,21,22). The Kier molecular flexibility index (Phi) is 4.64. The van der Waals surface area contributed by atoms with E-state index in [1.165, 1.54) is 0 Å². The van der Waals surface area contributed by atoms with Crippen LogP contribution in [0.5, 0.6) is 0 Å². The van der Waals surface area contributed by atoms with Crippen LogP contribution >= 0.6 is 0 Å². The SMILES string of the molecule is Cc1nc(-c2ccc(NCCC3(C)OCCO3)nc2)[nH]c(=O)c1C. The molecule has 128 valence electrons. The fourth-order valence-electron chi connectivity index (χ4n) is 2.54. The molecule has 0 aliphatic carbocycles. The molecule has 7 nitrogen and oxygen atoms in total. The van der Waals surface area contributed by atoms with E-state index in [1.807, 2.05) is 26.0 Å². The summed E-state index contributed by atoms with van der Waals surface area (Å²) in [5, 5.41) is 3.24. The van der Waals surface area contributed by atoms with Gasteiger partial charge in [-0.3, -0.25) is 4.79 Å². The van der Waals surface area contributed by atoms with Crippen molar-refractivity contribution in [2.45, 2.75) is 33.0 Å². The quantitative estimate of drug-likeness (QED) is 0.872. The fourth-order valence-corrected chi connectivity index (χ4v) is 2.54. The summed E-state index contributed by atoms with van der Waals surface area (Å²) in [6.07, 6.45) is 2.43. The van der Waals surface area contributed by atoms with Crippen molar-refractivity contribution in [3.05, 3.63) is 39.9 Å². The second-order valence-corrected chi connectivity index (χ2v) is 6.06. The van der Waals surface area contributed by atoms with Crippen LogP contribution in [0.15, 0.2) is 23.1 Å². The first kappa shape index (κ1) is 16.6. The largest absolute Gasteiger partial charge is 0.370 e. The Morgan fingerprint density at radius 1 is 1.29 bits per heavy atom. The number of hydrogen-bond donors (Lipinski definition) is 2. The highest BCUT2D eigenvalue weighted by Gasteiger charge is 2.30. The number of anilines is 1. The second-order valence-electron chi connectivity index (χ2n) is 6.06. The first-order valence-corrected chi connectivity index (χ1v) is 8.03. The maximum atomic E-state index is 11.8. The summed E-state index contributed by atoms with van der Waals surface area (Å²) in [4.78, 5) is 23.4. The zero-order valence-electron chi connectivity index (χ0n) is 14.2. The molecule has 2 aromatic heterocycles. The van der Waals surface area contributed by atoms with E-state index in [0.717, 1.165) is 23.5 Å². The summed E-state index contributed by atoms with van der Waals surface area (Å²) in [6, 6.07) is 3.75. The van der Waals surface area contributed by atoms with Crippen LogP contribution in [0.4, 0.5) is 5.82 Å². The third-order valence-electron chi connectivity index (χ3n) is 4.22. The molecule has 1 aliphatic rings. The molecule has 0 saturated carbocycles. The van der Waals surface area contributed by atoms with Gasteiger partial charge in [-0.25, -0.2) is 9.97 Å². The normalized spacial score (nSPS) is 16.3. The van der Waals surface area contributed by atoms with Gasteiger partial charge in [-0.15, -0.1) is 0 Å². The molecular weight excluding hydrogens is 308 g/mol. The minimum absolute atomic E-state index is 0.121. The van der Waals surface area contributed by atoms with Gasteiger partial charge in [-0.05, 0) is 32.9 Å². The highest BCUT2D eigenvalue weighted by Crippen LogP contribution is 2.22. The van der Waals surface area contributed by atoms with Crippen molar-refractivity contribution in [1.82, 2.24) is 15.0 Å². The number of aromatic amines is 1. The van der Waals surface area contributed by atoms with Crippen LogP contribution in [-0.4, -0.2) is 40.5 Å². The molecule has 0 radical (unpaired) electrons. The van der Waals surface area contributed by atoms with Crippen molar-refractivity contribution in [1.29, 1.82) is 0 Å². The zero-order valence-corrected chi connectivity index (χ0v) is 14.2. The Balaban J connectivity index is 1.64. The van der Waals surface area contributed by atoms with E-state index in [4.69, 9.17) is 9.47 Å². The summed E-state index contributed by atoms with van der Waals surface area (Å²) in [6.45, 7) is 7.51. The summed E-state index contributed by atoms with van der Waals surface area (Å²) >= 11 is 0. The molecule has 0 amide bonds. The molecule has 1 saturated heterocycles. The van der Waals surface area contributed by atoms with Crippen LogP contribution in [0, 0.1) is 13.8 Å². The monoisotopic (exact) mass is 330 g/mol. The summed E-state index contributed by atoms with van der Waals surface area (Å²) in [5.74, 6) is 0.782. The van der Waals surface area contributed by atoms with E-state index in [9.17, 15) is 4.79 Å². The highest BCUT2D eigenvalue weighted by molar-refractivity contribution is 5.56. The zero-order chi connectivity index (χ0) is 17.2. The minimum atomic E-state index is -0.504. The van der Waals surface area contributed by atoms with Crippen molar-refractivity contribution in [3.8, 4) is 11.4 Å². The number of H-pyrrole nitrogens is 1. The molecule has 7 heteroatoms. The molecule has 1 aliphatic heterocycles. The van der Waals surface area contributed by atoms with Crippen LogP contribution in [0.2, 0.25) is 0 Å². The maximum absolute atomic E-state index is 11.8. The molecule has 0 aromatic carbocycles. The Bertz CT molecular complexity index is 764. The van der Waals surface area contributed by atoms with Crippen molar-refractivity contribution >= 4 is 5.82 Å². The van der Waals surface area contributed by atoms with Crippen LogP contribution in [-0.2, 0) is 9.47 Å². The Morgan fingerprint density at radius 2 is 2.04 bits per heavy atom. The molecule has 0 spiro atoms. The van der Waals surface area contributed by atoms with E-state index in [2.05, 4.69) is 20.3 Å². The summed E-state index contributed by atoms with van der Waals surface area (Å²) < 4.78 is 11.1. The van der Waals surface area contributed by atoms with E-state index in [1.54, 1.807) is 13.1 Å². The lowest BCUT2D eigenvalue weighted by molar-refractivity contribution is -0.144. The third kappa shape index (κ3) is 3.63. The molecular formula is C17H22N4O3. The Labute approximate surface area is 140 Å². The first-order valence-electron chi connectivity index (χ1n) is 8.03. The van der Waals surface area contributed by atoms with Crippen molar-refractivity contribution in [3.63, 3.8) is 0 Å². The van der Waals surface area contributed by atoms with Gasteiger partial charge in [0.1, 0.15) is 11.6 Å². The molecule has 0 atom stereocenters. The predicted octanol–water partition coefficient (Wildman–Crippen LogP) is 2.01. The number of aromatic nitrogens is 3. The van der Waals surface area contributed by atoms with Gasteiger partial charge in [0.2, 0.25) is 0 Å². The van der Waals surface area contributed by atoms with Gasteiger partial charge in [0, 0.05) is 36.0 Å². The molecule has 0 unspecified atom stereocenters. The van der Waals surface area contributed by atoms with Gasteiger partial charge >= 0.3 is 0 Å². The topological polar surface area (TPSA) is 89.1 Å². The first-order chi connectivity index (χ1) is 11.5. The summed E-state index contributed by atoms with van der Waals surface area (Å²) in [7, 11) is 0. The Morgan fingerprint density at radius 3 is 2.67 bits per heavy atom. The lowest BCUT2D eigenvalue weighted by Gasteiger charge is -2.22. The number of ether oxygens (including phenoxy) is 2. The average molecular weight is 330 g/mol. The van der Waals surface area contributed by atoms with Gasteiger partial charge in [0.25, 0.3) is 5.56 Å². The lowest BCUT2D eigenvalue weighted by Crippen LogP contribution is -2.28. The van der Waals surface area contributed by atoms with Crippen molar-refractivity contribution < 1.29 is 9.47 Å². The molecule has 3 heterocycles. The number of pyridine rings is 1. The molecule has 1 fully saturated rings. The van der Waals surface area contributed by atoms with E-state index >= 15 is 0 Å². The molecule has 0 bridgehead atoms. The van der Waals surface area contributed by atoms with Crippen LogP contribution < -0.4 is 10.9 Å². The maximum Gasteiger partial charge on any atom is 0.254 e. The molecule has 2 N–H and O–H groups in total. The molecule has 2 aromatic rings. The van der Waals surface area contributed by atoms with Crippen LogP contribution in [0.1, 0.15) is 24.6 Å². The van der Waals surface area contributed by atoms with E-state index < -0.39 is 5.79 Å². The van der Waals surface area contributed by atoms with Crippen molar-refractivity contribution in [2.75, 3.05) is 25.1 Å². The molecule has 3 rings (SSSR count).